The summed E-state index contributed by atoms with van der Waals surface area (Å²) < 4.78 is 5.39. The predicted octanol–water partition coefficient (Wildman–Crippen LogP) is 2.51. The van der Waals surface area contributed by atoms with Crippen LogP contribution in [-0.2, 0) is 11.2 Å². The zero-order valence-electron chi connectivity index (χ0n) is 9.29. The minimum atomic E-state index is 0.350. The monoisotopic (exact) mass is 227 g/mol. The van der Waals surface area contributed by atoms with Crippen LogP contribution in [-0.4, -0.2) is 26.3 Å². The maximum Gasteiger partial charge on any atom is 0.0622 e. The molecular weight excluding hydrogens is 210 g/mol. The number of benzene rings is 1. The van der Waals surface area contributed by atoms with Gasteiger partial charge in [0.05, 0.1) is 6.61 Å². The largest absolute Gasteiger partial charge is 0.380 e. The van der Waals surface area contributed by atoms with Gasteiger partial charge in [-0.1, -0.05) is 23.7 Å². The van der Waals surface area contributed by atoms with Gasteiger partial charge in [-0.15, -0.1) is 0 Å². The van der Waals surface area contributed by atoms with Gasteiger partial charge in [-0.25, -0.2) is 0 Å². The third-order valence-corrected chi connectivity index (χ3v) is 2.54. The molecule has 0 bridgehead atoms. The van der Waals surface area contributed by atoms with E-state index in [9.17, 15) is 0 Å². The molecule has 1 unspecified atom stereocenters. The molecule has 0 fully saturated rings. The number of hydrogen-bond acceptors (Lipinski definition) is 2. The van der Waals surface area contributed by atoms with Crippen LogP contribution in [0.15, 0.2) is 24.3 Å². The third-order valence-electron chi connectivity index (χ3n) is 2.30. The lowest BCUT2D eigenvalue weighted by molar-refractivity contribution is 0.125. The topological polar surface area (TPSA) is 21.3 Å². The molecular formula is C12H18ClNO. The van der Waals surface area contributed by atoms with Crippen molar-refractivity contribution in [3.8, 4) is 0 Å². The van der Waals surface area contributed by atoms with Gasteiger partial charge in [-0.05, 0) is 38.1 Å². The van der Waals surface area contributed by atoms with Gasteiger partial charge in [0.1, 0.15) is 0 Å². The summed E-state index contributed by atoms with van der Waals surface area (Å²) in [6.07, 6.45) is 0.942. The molecule has 0 aliphatic carbocycles. The van der Waals surface area contributed by atoms with Gasteiger partial charge in [0.2, 0.25) is 0 Å². The van der Waals surface area contributed by atoms with E-state index < -0.39 is 0 Å². The lowest BCUT2D eigenvalue weighted by Crippen LogP contribution is -2.32. The molecule has 0 aromatic heterocycles. The molecule has 0 saturated heterocycles. The molecule has 84 valence electrons. The minimum absolute atomic E-state index is 0.350. The first-order valence-corrected chi connectivity index (χ1v) is 5.63. The second kappa shape index (κ2) is 6.83. The molecule has 0 saturated carbocycles. The van der Waals surface area contributed by atoms with Crippen molar-refractivity contribution in [2.75, 3.05) is 20.3 Å². The predicted molar refractivity (Wildman–Crippen MR) is 64.5 cm³/mol. The van der Waals surface area contributed by atoms with Crippen molar-refractivity contribution >= 4 is 11.6 Å². The highest BCUT2D eigenvalue weighted by Crippen LogP contribution is 2.12. The fourth-order valence-electron chi connectivity index (χ4n) is 1.45. The molecule has 0 amide bonds. The molecule has 15 heavy (non-hydrogen) atoms. The SMILES string of the molecule is CCOCC(Cc1cccc(Cl)c1)NC. The van der Waals surface area contributed by atoms with E-state index in [1.165, 1.54) is 5.56 Å². The van der Waals surface area contributed by atoms with Crippen LogP contribution in [0.5, 0.6) is 0 Å². The van der Waals surface area contributed by atoms with Crippen LogP contribution in [0.2, 0.25) is 5.02 Å². The second-order valence-corrected chi connectivity index (χ2v) is 3.92. The summed E-state index contributed by atoms with van der Waals surface area (Å²) in [7, 11) is 1.95. The number of ether oxygens (including phenoxy) is 1. The molecule has 2 nitrogen and oxygen atoms in total. The lowest BCUT2D eigenvalue weighted by atomic mass is 10.1. The quantitative estimate of drug-likeness (QED) is 0.807. The van der Waals surface area contributed by atoms with Crippen LogP contribution in [0, 0.1) is 0 Å². The van der Waals surface area contributed by atoms with Gasteiger partial charge in [-0.3, -0.25) is 0 Å². The summed E-state index contributed by atoms with van der Waals surface area (Å²) in [5, 5.41) is 4.03. The molecule has 1 aromatic rings. The fraction of sp³-hybridized carbons (Fsp3) is 0.500. The van der Waals surface area contributed by atoms with Crippen molar-refractivity contribution in [2.45, 2.75) is 19.4 Å². The lowest BCUT2D eigenvalue weighted by Gasteiger charge is -2.15. The molecule has 0 aliphatic heterocycles. The van der Waals surface area contributed by atoms with Crippen LogP contribution in [0.25, 0.3) is 0 Å². The van der Waals surface area contributed by atoms with Crippen LogP contribution in [0.4, 0.5) is 0 Å². The van der Waals surface area contributed by atoms with Crippen molar-refractivity contribution in [3.05, 3.63) is 34.9 Å². The maximum atomic E-state index is 5.92. The molecule has 1 atom stereocenters. The summed E-state index contributed by atoms with van der Waals surface area (Å²) in [5.74, 6) is 0. The Labute approximate surface area is 96.6 Å². The molecule has 0 heterocycles. The summed E-state index contributed by atoms with van der Waals surface area (Å²) in [6, 6.07) is 8.30. The Morgan fingerprint density at radius 2 is 2.27 bits per heavy atom. The second-order valence-electron chi connectivity index (χ2n) is 3.48. The number of nitrogens with one attached hydrogen (secondary N) is 1. The zero-order valence-corrected chi connectivity index (χ0v) is 10.1. The average Bonchev–Trinajstić information content (AvgIpc) is 2.24. The molecule has 1 aromatic carbocycles. The fourth-order valence-corrected chi connectivity index (χ4v) is 1.67. The minimum Gasteiger partial charge on any atom is -0.380 e. The van der Waals surface area contributed by atoms with E-state index in [4.69, 9.17) is 16.3 Å². The Kier molecular flexibility index (Phi) is 5.69. The molecule has 0 spiro atoms. The van der Waals surface area contributed by atoms with Crippen LogP contribution in [0.3, 0.4) is 0 Å². The maximum absolute atomic E-state index is 5.92. The van der Waals surface area contributed by atoms with Crippen molar-refractivity contribution in [2.24, 2.45) is 0 Å². The Morgan fingerprint density at radius 1 is 1.47 bits per heavy atom. The van der Waals surface area contributed by atoms with E-state index in [2.05, 4.69) is 11.4 Å². The van der Waals surface area contributed by atoms with E-state index in [1.807, 2.05) is 32.2 Å². The third kappa shape index (κ3) is 4.65. The zero-order chi connectivity index (χ0) is 11.1. The van der Waals surface area contributed by atoms with Crippen molar-refractivity contribution in [1.82, 2.24) is 5.32 Å². The summed E-state index contributed by atoms with van der Waals surface area (Å²) in [4.78, 5) is 0. The molecule has 0 radical (unpaired) electrons. The summed E-state index contributed by atoms with van der Waals surface area (Å²) in [6.45, 7) is 3.50. The standard InChI is InChI=1S/C12H18ClNO/c1-3-15-9-12(14-2)8-10-5-4-6-11(13)7-10/h4-7,12,14H,3,8-9H2,1-2H3. The molecule has 1 N–H and O–H groups in total. The van der Waals surface area contributed by atoms with Crippen molar-refractivity contribution in [1.29, 1.82) is 0 Å². The van der Waals surface area contributed by atoms with Crippen LogP contribution in [0.1, 0.15) is 12.5 Å². The van der Waals surface area contributed by atoms with Crippen molar-refractivity contribution in [3.63, 3.8) is 0 Å². The first-order valence-electron chi connectivity index (χ1n) is 5.25. The van der Waals surface area contributed by atoms with E-state index in [0.29, 0.717) is 6.04 Å². The van der Waals surface area contributed by atoms with Gasteiger partial charge in [0.15, 0.2) is 0 Å². The smallest absolute Gasteiger partial charge is 0.0622 e. The molecule has 1 rings (SSSR count). The van der Waals surface area contributed by atoms with E-state index in [-0.39, 0.29) is 0 Å². The van der Waals surface area contributed by atoms with Crippen molar-refractivity contribution < 1.29 is 4.74 Å². The summed E-state index contributed by atoms with van der Waals surface area (Å²) in [5.41, 5.74) is 1.24. The number of hydrogen-bond donors (Lipinski definition) is 1. The number of likely N-dealkylation sites (N-methyl/N-ethyl adjacent to an activating group) is 1. The Bertz CT molecular complexity index is 291. The van der Waals surface area contributed by atoms with Gasteiger partial charge in [-0.2, -0.15) is 0 Å². The van der Waals surface area contributed by atoms with Crippen LogP contribution < -0.4 is 5.32 Å². The Hall–Kier alpha value is -0.570. The Morgan fingerprint density at radius 3 is 2.87 bits per heavy atom. The highest BCUT2D eigenvalue weighted by Gasteiger charge is 2.07. The first-order chi connectivity index (χ1) is 7.26. The number of halogens is 1. The molecule has 3 heteroatoms. The van der Waals surface area contributed by atoms with E-state index in [1.54, 1.807) is 0 Å². The van der Waals surface area contributed by atoms with Gasteiger partial charge >= 0.3 is 0 Å². The van der Waals surface area contributed by atoms with E-state index >= 15 is 0 Å². The van der Waals surface area contributed by atoms with E-state index in [0.717, 1.165) is 24.7 Å². The average molecular weight is 228 g/mol. The Balaban J connectivity index is 2.50. The first kappa shape index (κ1) is 12.5. The molecule has 0 aliphatic rings. The summed E-state index contributed by atoms with van der Waals surface area (Å²) >= 11 is 5.92. The van der Waals surface area contributed by atoms with Gasteiger partial charge in [0, 0.05) is 17.7 Å². The normalized spacial score (nSPS) is 12.7. The van der Waals surface area contributed by atoms with Gasteiger partial charge in [0.25, 0.3) is 0 Å². The van der Waals surface area contributed by atoms with Crippen LogP contribution >= 0.6 is 11.6 Å². The highest BCUT2D eigenvalue weighted by molar-refractivity contribution is 6.30. The van der Waals surface area contributed by atoms with Gasteiger partial charge < -0.3 is 10.1 Å². The highest BCUT2D eigenvalue weighted by atomic mass is 35.5. The number of rotatable bonds is 6.